The first-order chi connectivity index (χ1) is 8.97. The summed E-state index contributed by atoms with van der Waals surface area (Å²) in [5.74, 6) is -0.678. The van der Waals surface area contributed by atoms with Crippen LogP contribution in [0.15, 0.2) is 30.3 Å². The van der Waals surface area contributed by atoms with Crippen LogP contribution in [0.5, 0.6) is 0 Å². The summed E-state index contributed by atoms with van der Waals surface area (Å²) in [7, 11) is 0. The van der Waals surface area contributed by atoms with Gasteiger partial charge in [-0.3, -0.25) is 4.79 Å². The van der Waals surface area contributed by atoms with Crippen molar-refractivity contribution < 1.29 is 30.3 Å². The summed E-state index contributed by atoms with van der Waals surface area (Å²) in [6.07, 6.45) is -7.18. The van der Waals surface area contributed by atoms with Crippen LogP contribution in [0.4, 0.5) is 0 Å². The van der Waals surface area contributed by atoms with Crippen molar-refractivity contribution in [3.8, 4) is 0 Å². The third-order valence-electron chi connectivity index (χ3n) is 2.81. The molecule has 114 valence electrons. The molecular weight excluding hydrogens is 266 g/mol. The molecule has 8 N–H and O–H groups in total. The fourth-order valence-corrected chi connectivity index (χ4v) is 1.61. The van der Waals surface area contributed by atoms with Crippen molar-refractivity contribution in [3.05, 3.63) is 35.9 Å². The molecule has 0 saturated heterocycles. The first kappa shape index (κ1) is 18.7. The lowest BCUT2D eigenvalue weighted by Gasteiger charge is -2.24. The fraction of sp³-hybridized carbons (Fsp3) is 0.462. The second-order valence-electron chi connectivity index (χ2n) is 4.30. The van der Waals surface area contributed by atoms with Gasteiger partial charge >= 0.3 is 0 Å². The molecule has 7 nitrogen and oxygen atoms in total. The van der Waals surface area contributed by atoms with Gasteiger partial charge in [0.15, 0.2) is 5.78 Å². The smallest absolute Gasteiger partial charge is 0.168 e. The Labute approximate surface area is 116 Å². The summed E-state index contributed by atoms with van der Waals surface area (Å²) in [6.45, 7) is -0.780. The predicted octanol–water partition coefficient (Wildman–Crippen LogP) is -1.60. The van der Waals surface area contributed by atoms with Crippen LogP contribution in [0.3, 0.4) is 0 Å². The molecule has 0 fully saturated rings. The first-order valence-corrected chi connectivity index (χ1v) is 5.87. The monoisotopic (exact) mass is 287 g/mol. The highest BCUT2D eigenvalue weighted by Crippen LogP contribution is 2.09. The van der Waals surface area contributed by atoms with Gasteiger partial charge in [0.05, 0.1) is 6.61 Å². The van der Waals surface area contributed by atoms with Gasteiger partial charge in [0, 0.05) is 6.42 Å². The number of Topliss-reactive ketones (excluding diaryl/α,β-unsaturated/α-hetero) is 1. The van der Waals surface area contributed by atoms with Crippen LogP contribution in [0.1, 0.15) is 5.56 Å². The van der Waals surface area contributed by atoms with E-state index < -0.39 is 36.8 Å². The molecule has 1 aromatic carbocycles. The zero-order valence-electron chi connectivity index (χ0n) is 11.0. The maximum absolute atomic E-state index is 11.7. The molecular formula is C13H21NO6. The third kappa shape index (κ3) is 4.97. The Kier molecular flexibility index (Phi) is 8.16. The normalized spacial score (nSPS) is 16.6. The number of carbonyl (C=O) groups excluding carboxylic acids is 1. The van der Waals surface area contributed by atoms with E-state index in [1.807, 2.05) is 0 Å². The van der Waals surface area contributed by atoms with Crippen molar-refractivity contribution in [3.63, 3.8) is 0 Å². The zero-order valence-corrected chi connectivity index (χ0v) is 11.0. The van der Waals surface area contributed by atoms with E-state index >= 15 is 0 Å². The summed E-state index contributed by atoms with van der Waals surface area (Å²) >= 11 is 0. The number of benzene rings is 1. The van der Waals surface area contributed by atoms with E-state index in [4.69, 9.17) is 10.2 Å². The summed E-state index contributed by atoms with van der Waals surface area (Å²) < 4.78 is 0. The van der Waals surface area contributed by atoms with E-state index in [0.29, 0.717) is 5.56 Å². The molecule has 7 heteroatoms. The van der Waals surface area contributed by atoms with Crippen LogP contribution in [0.2, 0.25) is 0 Å². The molecule has 0 spiro atoms. The van der Waals surface area contributed by atoms with Gasteiger partial charge in [0.25, 0.3) is 0 Å². The molecule has 0 amide bonds. The van der Waals surface area contributed by atoms with Gasteiger partial charge in [-0.15, -0.1) is 0 Å². The van der Waals surface area contributed by atoms with Crippen molar-refractivity contribution in [1.82, 2.24) is 6.15 Å². The molecule has 20 heavy (non-hydrogen) atoms. The van der Waals surface area contributed by atoms with Crippen molar-refractivity contribution in [1.29, 1.82) is 0 Å². The Morgan fingerprint density at radius 2 is 1.55 bits per heavy atom. The number of carbonyl (C=O) groups is 1. The molecule has 0 bridgehead atoms. The van der Waals surface area contributed by atoms with Crippen LogP contribution in [0, 0.1) is 0 Å². The van der Waals surface area contributed by atoms with Crippen LogP contribution in [-0.4, -0.2) is 62.3 Å². The summed E-state index contributed by atoms with van der Waals surface area (Å²) in [4.78, 5) is 11.7. The lowest BCUT2D eigenvalue weighted by atomic mass is 9.97. The quantitative estimate of drug-likeness (QED) is 0.353. The Bertz CT molecular complexity index is 399. The molecule has 0 aromatic heterocycles. The van der Waals surface area contributed by atoms with Gasteiger partial charge in [-0.1, -0.05) is 30.3 Å². The van der Waals surface area contributed by atoms with Crippen LogP contribution >= 0.6 is 0 Å². The van der Waals surface area contributed by atoms with E-state index in [1.54, 1.807) is 30.3 Å². The molecule has 0 aliphatic carbocycles. The van der Waals surface area contributed by atoms with Crippen molar-refractivity contribution in [2.75, 3.05) is 6.61 Å². The van der Waals surface area contributed by atoms with E-state index in [-0.39, 0.29) is 12.6 Å². The highest BCUT2D eigenvalue weighted by atomic mass is 16.4. The van der Waals surface area contributed by atoms with Crippen LogP contribution in [0.25, 0.3) is 0 Å². The predicted molar refractivity (Wildman–Crippen MR) is 71.3 cm³/mol. The molecule has 0 radical (unpaired) electrons. The molecule has 0 saturated carbocycles. The van der Waals surface area contributed by atoms with Crippen LogP contribution < -0.4 is 6.15 Å². The number of aliphatic hydroxyl groups is 5. The standard InChI is InChI=1S/C13H18O6.H3N/c14-7-10(16)12(18)13(19)11(17)9(15)6-8-4-2-1-3-5-8;/h1-5,10-14,16-19H,6-7H2;1H3. The summed E-state index contributed by atoms with van der Waals surface area (Å²) in [6, 6.07) is 8.62. The minimum Gasteiger partial charge on any atom is -0.394 e. The fourth-order valence-electron chi connectivity index (χ4n) is 1.61. The highest BCUT2D eigenvalue weighted by molar-refractivity contribution is 5.85. The van der Waals surface area contributed by atoms with Gasteiger partial charge in [0.1, 0.15) is 24.4 Å². The molecule has 0 aliphatic rings. The number of rotatable bonds is 7. The Hall–Kier alpha value is -1.35. The number of ketones is 1. The van der Waals surface area contributed by atoms with Gasteiger partial charge in [-0.2, -0.15) is 0 Å². The largest absolute Gasteiger partial charge is 0.394 e. The van der Waals surface area contributed by atoms with E-state index in [0.717, 1.165) is 0 Å². The van der Waals surface area contributed by atoms with Crippen molar-refractivity contribution in [2.24, 2.45) is 0 Å². The SMILES string of the molecule is N.O=C(Cc1ccccc1)C(O)C(O)C(O)C(O)CO. The second kappa shape index (κ2) is 8.75. The maximum atomic E-state index is 11.7. The van der Waals surface area contributed by atoms with Gasteiger partial charge in [0.2, 0.25) is 0 Å². The van der Waals surface area contributed by atoms with Gasteiger partial charge in [-0.25, -0.2) is 0 Å². The lowest BCUT2D eigenvalue weighted by molar-refractivity contribution is -0.146. The molecule has 4 atom stereocenters. The third-order valence-corrected chi connectivity index (χ3v) is 2.81. The average molecular weight is 287 g/mol. The average Bonchev–Trinajstić information content (AvgIpc) is 2.44. The molecule has 1 aromatic rings. The number of hydrogen-bond donors (Lipinski definition) is 6. The lowest BCUT2D eigenvalue weighted by Crippen LogP contribution is -2.49. The molecule has 0 heterocycles. The number of hydrogen-bond acceptors (Lipinski definition) is 7. The first-order valence-electron chi connectivity index (χ1n) is 5.87. The second-order valence-corrected chi connectivity index (χ2v) is 4.30. The highest BCUT2D eigenvalue weighted by Gasteiger charge is 2.33. The van der Waals surface area contributed by atoms with Crippen LogP contribution in [-0.2, 0) is 11.2 Å². The minimum atomic E-state index is -1.85. The molecule has 4 unspecified atom stereocenters. The topological polar surface area (TPSA) is 153 Å². The molecule has 0 aliphatic heterocycles. The minimum absolute atomic E-state index is 0. The maximum Gasteiger partial charge on any atom is 0.168 e. The zero-order chi connectivity index (χ0) is 14.4. The van der Waals surface area contributed by atoms with Crippen molar-refractivity contribution >= 4 is 5.78 Å². The number of aliphatic hydroxyl groups excluding tert-OH is 5. The van der Waals surface area contributed by atoms with E-state index in [9.17, 15) is 20.1 Å². The van der Waals surface area contributed by atoms with Gasteiger partial charge < -0.3 is 31.7 Å². The molecule has 1 rings (SSSR count). The van der Waals surface area contributed by atoms with E-state index in [1.165, 1.54) is 0 Å². The summed E-state index contributed by atoms with van der Waals surface area (Å²) in [5, 5.41) is 46.3. The Morgan fingerprint density at radius 3 is 2.05 bits per heavy atom. The Morgan fingerprint density at radius 1 is 1.00 bits per heavy atom. The Balaban J connectivity index is 0.00000361. The summed E-state index contributed by atoms with van der Waals surface area (Å²) in [5.41, 5.74) is 0.663. The van der Waals surface area contributed by atoms with Crippen molar-refractivity contribution in [2.45, 2.75) is 30.8 Å². The van der Waals surface area contributed by atoms with E-state index in [2.05, 4.69) is 0 Å². The van der Waals surface area contributed by atoms with Gasteiger partial charge in [-0.05, 0) is 5.56 Å².